The summed E-state index contributed by atoms with van der Waals surface area (Å²) < 4.78 is 1.84. The van der Waals surface area contributed by atoms with Crippen molar-refractivity contribution in [3.63, 3.8) is 0 Å². The average Bonchev–Trinajstić information content (AvgIpc) is 3.13. The maximum absolute atomic E-state index is 12.6. The van der Waals surface area contributed by atoms with Gasteiger partial charge in [0.1, 0.15) is 17.2 Å². The fourth-order valence-corrected chi connectivity index (χ4v) is 3.19. The molecule has 0 aliphatic carbocycles. The van der Waals surface area contributed by atoms with Gasteiger partial charge in [-0.2, -0.15) is 0 Å². The summed E-state index contributed by atoms with van der Waals surface area (Å²) in [6, 6.07) is 19.6. The molecule has 0 atom stereocenters. The topological polar surface area (TPSA) is 89.5 Å². The minimum Gasteiger partial charge on any atom is -0.306 e. The Kier molecular flexibility index (Phi) is 5.09. The Bertz CT molecular complexity index is 1280. The van der Waals surface area contributed by atoms with E-state index < -0.39 is 4.92 Å². The number of benzene rings is 2. The molecule has 30 heavy (non-hydrogen) atoms. The Labute approximate surface area is 172 Å². The third kappa shape index (κ3) is 3.81. The number of rotatable bonds is 5. The number of pyridine rings is 1. The zero-order valence-electron chi connectivity index (χ0n) is 16.1. The van der Waals surface area contributed by atoms with Crippen molar-refractivity contribution in [3.05, 3.63) is 100 Å². The Morgan fingerprint density at radius 3 is 2.67 bits per heavy atom. The van der Waals surface area contributed by atoms with Crippen molar-refractivity contribution in [2.75, 3.05) is 5.32 Å². The number of aryl methyl sites for hydroxylation is 1. The van der Waals surface area contributed by atoms with Crippen LogP contribution in [-0.2, 0) is 4.79 Å². The fourth-order valence-electron chi connectivity index (χ4n) is 3.19. The first-order chi connectivity index (χ1) is 14.5. The molecule has 0 saturated carbocycles. The normalized spacial score (nSPS) is 11.1. The third-order valence-electron chi connectivity index (χ3n) is 4.64. The molecule has 7 nitrogen and oxygen atoms in total. The molecule has 0 spiro atoms. The van der Waals surface area contributed by atoms with Crippen molar-refractivity contribution >= 4 is 29.1 Å². The largest absolute Gasteiger partial charge is 0.306 e. The van der Waals surface area contributed by atoms with Gasteiger partial charge in [-0.1, -0.05) is 48.5 Å². The van der Waals surface area contributed by atoms with Gasteiger partial charge >= 0.3 is 0 Å². The van der Waals surface area contributed by atoms with Crippen LogP contribution in [0.3, 0.4) is 0 Å². The lowest BCUT2D eigenvalue weighted by Crippen LogP contribution is -2.10. The molecule has 2 aromatic carbocycles. The van der Waals surface area contributed by atoms with Crippen LogP contribution >= 0.6 is 0 Å². The van der Waals surface area contributed by atoms with E-state index in [4.69, 9.17) is 4.98 Å². The van der Waals surface area contributed by atoms with E-state index in [1.807, 2.05) is 60.0 Å². The lowest BCUT2D eigenvalue weighted by Gasteiger charge is -2.06. The highest BCUT2D eigenvalue weighted by molar-refractivity contribution is 6.03. The third-order valence-corrected chi connectivity index (χ3v) is 4.64. The molecule has 0 radical (unpaired) electrons. The Balaban J connectivity index is 1.68. The SMILES string of the molecule is Cc1cccn2c(NC(=O)/C=C/c3cccc([N+](=O)[O-])c3)c(-c3ccccc3)nc12. The van der Waals surface area contributed by atoms with Crippen LogP contribution in [0.4, 0.5) is 11.5 Å². The number of carbonyl (C=O) groups excluding carboxylic acids is 1. The summed E-state index contributed by atoms with van der Waals surface area (Å²) in [4.78, 5) is 27.8. The van der Waals surface area contributed by atoms with Crippen LogP contribution in [0.1, 0.15) is 11.1 Å². The number of aromatic nitrogens is 2. The summed E-state index contributed by atoms with van der Waals surface area (Å²) in [5, 5.41) is 13.8. The quantitative estimate of drug-likeness (QED) is 0.295. The van der Waals surface area contributed by atoms with Crippen LogP contribution in [0.2, 0.25) is 0 Å². The van der Waals surface area contributed by atoms with E-state index in [0.717, 1.165) is 16.8 Å². The van der Waals surface area contributed by atoms with Crippen LogP contribution in [-0.4, -0.2) is 20.2 Å². The Hall–Kier alpha value is -4.26. The minimum absolute atomic E-state index is 0.0267. The van der Waals surface area contributed by atoms with Gasteiger partial charge in [0, 0.05) is 30.0 Å². The van der Waals surface area contributed by atoms with Crippen molar-refractivity contribution in [1.29, 1.82) is 0 Å². The molecule has 7 heteroatoms. The maximum Gasteiger partial charge on any atom is 0.270 e. The number of non-ortho nitro benzene ring substituents is 1. The van der Waals surface area contributed by atoms with Crippen molar-refractivity contribution in [1.82, 2.24) is 9.38 Å². The van der Waals surface area contributed by atoms with Gasteiger partial charge in [-0.25, -0.2) is 4.98 Å². The highest BCUT2D eigenvalue weighted by Gasteiger charge is 2.16. The van der Waals surface area contributed by atoms with E-state index in [0.29, 0.717) is 17.1 Å². The maximum atomic E-state index is 12.6. The predicted octanol–water partition coefficient (Wildman–Crippen LogP) is 4.87. The number of hydrogen-bond acceptors (Lipinski definition) is 4. The van der Waals surface area contributed by atoms with Crippen LogP contribution in [0, 0.1) is 17.0 Å². The lowest BCUT2D eigenvalue weighted by molar-refractivity contribution is -0.384. The lowest BCUT2D eigenvalue weighted by atomic mass is 10.1. The average molecular weight is 398 g/mol. The number of nitrogens with zero attached hydrogens (tertiary/aromatic N) is 3. The van der Waals surface area contributed by atoms with E-state index in [-0.39, 0.29) is 11.6 Å². The first-order valence-electron chi connectivity index (χ1n) is 9.29. The van der Waals surface area contributed by atoms with Gasteiger partial charge in [-0.05, 0) is 30.2 Å². The summed E-state index contributed by atoms with van der Waals surface area (Å²) in [5.74, 6) is 0.204. The van der Waals surface area contributed by atoms with E-state index in [9.17, 15) is 14.9 Å². The zero-order chi connectivity index (χ0) is 21.1. The molecule has 1 N–H and O–H groups in total. The highest BCUT2D eigenvalue weighted by atomic mass is 16.6. The number of hydrogen-bond donors (Lipinski definition) is 1. The molecule has 0 unspecified atom stereocenters. The summed E-state index contributed by atoms with van der Waals surface area (Å²) in [6.45, 7) is 1.96. The molecule has 148 valence electrons. The number of imidazole rings is 1. The number of anilines is 1. The monoisotopic (exact) mass is 398 g/mol. The Morgan fingerprint density at radius 2 is 1.90 bits per heavy atom. The molecule has 2 aromatic heterocycles. The van der Waals surface area contributed by atoms with Gasteiger partial charge in [0.25, 0.3) is 5.69 Å². The van der Waals surface area contributed by atoms with Gasteiger partial charge in [0.05, 0.1) is 4.92 Å². The van der Waals surface area contributed by atoms with Gasteiger partial charge in [0.15, 0.2) is 0 Å². The summed E-state index contributed by atoms with van der Waals surface area (Å²) in [7, 11) is 0. The molecule has 0 fully saturated rings. The van der Waals surface area contributed by atoms with Crippen molar-refractivity contribution in [3.8, 4) is 11.3 Å². The number of carbonyl (C=O) groups is 1. The molecule has 2 heterocycles. The summed E-state index contributed by atoms with van der Waals surface area (Å²) >= 11 is 0. The number of nitrogens with one attached hydrogen (secondary N) is 1. The van der Waals surface area contributed by atoms with Gasteiger partial charge in [-0.15, -0.1) is 0 Å². The molecule has 4 rings (SSSR count). The first kappa shape index (κ1) is 19.1. The number of nitro groups is 1. The first-order valence-corrected chi connectivity index (χ1v) is 9.29. The smallest absolute Gasteiger partial charge is 0.270 e. The van der Waals surface area contributed by atoms with Gasteiger partial charge < -0.3 is 5.32 Å². The molecule has 0 saturated heterocycles. The second kappa shape index (κ2) is 8.00. The molecule has 1 amide bonds. The van der Waals surface area contributed by atoms with Gasteiger partial charge in [-0.3, -0.25) is 19.3 Å². The second-order valence-corrected chi connectivity index (χ2v) is 6.73. The van der Waals surface area contributed by atoms with E-state index in [1.54, 1.807) is 18.2 Å². The molecule has 4 aromatic rings. The van der Waals surface area contributed by atoms with Crippen molar-refractivity contribution < 1.29 is 9.72 Å². The number of amides is 1. The van der Waals surface area contributed by atoms with E-state index in [1.165, 1.54) is 18.2 Å². The Morgan fingerprint density at radius 1 is 1.10 bits per heavy atom. The predicted molar refractivity (Wildman–Crippen MR) is 116 cm³/mol. The standard InChI is InChI=1S/C23H18N4O3/c1-16-7-6-14-26-22(16)25-21(18-9-3-2-4-10-18)23(26)24-20(28)13-12-17-8-5-11-19(15-17)27(29)30/h2-15H,1H3,(H,24,28)/b13-12+. The van der Waals surface area contributed by atoms with Crippen LogP contribution in [0.5, 0.6) is 0 Å². The molecular formula is C23H18N4O3. The van der Waals surface area contributed by atoms with Crippen LogP contribution in [0.15, 0.2) is 79.0 Å². The van der Waals surface area contributed by atoms with Gasteiger partial charge in [0.2, 0.25) is 5.91 Å². The van der Waals surface area contributed by atoms with E-state index >= 15 is 0 Å². The zero-order valence-corrected chi connectivity index (χ0v) is 16.1. The fraction of sp³-hybridized carbons (Fsp3) is 0.0435. The molecule has 0 aliphatic heterocycles. The highest BCUT2D eigenvalue weighted by Crippen LogP contribution is 2.29. The summed E-state index contributed by atoms with van der Waals surface area (Å²) in [5.41, 5.74) is 3.84. The molecular weight excluding hydrogens is 380 g/mol. The van der Waals surface area contributed by atoms with Crippen molar-refractivity contribution in [2.24, 2.45) is 0 Å². The number of fused-ring (bicyclic) bond motifs is 1. The molecule has 0 bridgehead atoms. The van der Waals surface area contributed by atoms with Crippen LogP contribution < -0.4 is 5.32 Å². The second-order valence-electron chi connectivity index (χ2n) is 6.73. The summed E-state index contributed by atoms with van der Waals surface area (Å²) in [6.07, 6.45) is 4.74. The molecule has 0 aliphatic rings. The minimum atomic E-state index is -0.468. The number of nitro benzene ring substituents is 1. The van der Waals surface area contributed by atoms with Crippen molar-refractivity contribution in [2.45, 2.75) is 6.92 Å². The van der Waals surface area contributed by atoms with Crippen LogP contribution in [0.25, 0.3) is 23.0 Å². The van der Waals surface area contributed by atoms with E-state index in [2.05, 4.69) is 5.32 Å².